The van der Waals surface area contributed by atoms with Crippen LogP contribution in [0.2, 0.25) is 5.02 Å². The number of carbonyl (C=O) groups excluding carboxylic acids is 4. The number of likely N-dealkylation sites (tertiary alicyclic amines) is 1. The Bertz CT molecular complexity index is 858. The fraction of sp³-hybridized carbons (Fsp3) is 0.524. The van der Waals surface area contributed by atoms with Gasteiger partial charge in [-0.3, -0.25) is 24.1 Å². The minimum atomic E-state index is -0.622. The number of benzene rings is 1. The van der Waals surface area contributed by atoms with Crippen molar-refractivity contribution in [3.8, 4) is 0 Å². The van der Waals surface area contributed by atoms with Crippen LogP contribution in [-0.2, 0) is 23.9 Å². The van der Waals surface area contributed by atoms with Crippen LogP contribution in [0.4, 0.5) is 5.69 Å². The van der Waals surface area contributed by atoms with E-state index >= 15 is 0 Å². The minimum Gasteiger partial charge on any atom is -0.456 e. The maximum absolute atomic E-state index is 12.6. The van der Waals surface area contributed by atoms with Gasteiger partial charge in [0, 0.05) is 17.3 Å². The quantitative estimate of drug-likeness (QED) is 0.566. The van der Waals surface area contributed by atoms with Crippen LogP contribution in [0, 0.1) is 30.6 Å². The van der Waals surface area contributed by atoms with Crippen LogP contribution < -0.4 is 5.32 Å². The molecule has 0 radical (unpaired) electrons. The maximum Gasteiger partial charge on any atom is 0.308 e. The molecule has 1 aliphatic heterocycles. The predicted octanol–water partition coefficient (Wildman–Crippen LogP) is 2.55. The Balaban J connectivity index is 1.24. The zero-order chi connectivity index (χ0) is 20.7. The lowest BCUT2D eigenvalue weighted by Gasteiger charge is -2.19. The van der Waals surface area contributed by atoms with Crippen molar-refractivity contribution < 1.29 is 23.9 Å². The molecule has 0 aromatic heterocycles. The number of hydrogen-bond donors (Lipinski definition) is 1. The Labute approximate surface area is 173 Å². The topological polar surface area (TPSA) is 92.8 Å². The number of anilines is 1. The molecule has 0 unspecified atom stereocenters. The van der Waals surface area contributed by atoms with Crippen molar-refractivity contribution in [2.45, 2.75) is 32.6 Å². The van der Waals surface area contributed by atoms with Gasteiger partial charge in [-0.15, -0.1) is 0 Å². The van der Waals surface area contributed by atoms with Crippen LogP contribution in [0.5, 0.6) is 0 Å². The van der Waals surface area contributed by atoms with Crippen molar-refractivity contribution in [1.29, 1.82) is 0 Å². The van der Waals surface area contributed by atoms with Crippen molar-refractivity contribution in [3.05, 3.63) is 28.8 Å². The zero-order valence-corrected chi connectivity index (χ0v) is 16.9. The number of amides is 3. The number of fused-ring (bicyclic) bond motifs is 5. The van der Waals surface area contributed by atoms with Crippen LogP contribution in [-0.4, -0.2) is 41.7 Å². The van der Waals surface area contributed by atoms with Crippen LogP contribution in [0.25, 0.3) is 0 Å². The predicted molar refractivity (Wildman–Crippen MR) is 105 cm³/mol. The summed E-state index contributed by atoms with van der Waals surface area (Å²) >= 11 is 5.92. The van der Waals surface area contributed by atoms with E-state index in [1.54, 1.807) is 18.2 Å². The number of nitrogens with one attached hydrogen (secondary N) is 1. The average molecular weight is 419 g/mol. The molecule has 1 heterocycles. The molecule has 2 aliphatic carbocycles. The molecule has 8 heteroatoms. The Morgan fingerprint density at radius 2 is 1.83 bits per heavy atom. The molecule has 0 spiro atoms. The first-order valence-electron chi connectivity index (χ1n) is 9.92. The molecule has 7 nitrogen and oxygen atoms in total. The van der Waals surface area contributed by atoms with Gasteiger partial charge >= 0.3 is 5.97 Å². The molecule has 154 valence electrons. The third-order valence-corrected chi connectivity index (χ3v) is 6.63. The van der Waals surface area contributed by atoms with E-state index in [2.05, 4.69) is 5.32 Å². The van der Waals surface area contributed by atoms with Crippen molar-refractivity contribution >= 4 is 41.0 Å². The molecule has 1 N–H and O–H groups in total. The summed E-state index contributed by atoms with van der Waals surface area (Å²) in [6.45, 7) is 1.39. The monoisotopic (exact) mass is 418 g/mol. The molecule has 4 atom stereocenters. The van der Waals surface area contributed by atoms with Crippen LogP contribution in [0.3, 0.4) is 0 Å². The maximum atomic E-state index is 12.6. The summed E-state index contributed by atoms with van der Waals surface area (Å²) in [7, 11) is 0. The number of esters is 1. The molecule has 4 rings (SSSR count). The van der Waals surface area contributed by atoms with E-state index in [4.69, 9.17) is 16.3 Å². The molecule has 29 heavy (non-hydrogen) atoms. The first-order valence-corrected chi connectivity index (χ1v) is 10.3. The summed E-state index contributed by atoms with van der Waals surface area (Å²) in [6, 6.07) is 5.11. The number of nitrogens with zero attached hydrogens (tertiary/aromatic N) is 1. The van der Waals surface area contributed by atoms with Crippen LogP contribution >= 0.6 is 11.6 Å². The van der Waals surface area contributed by atoms with Crippen molar-refractivity contribution in [2.24, 2.45) is 23.7 Å². The van der Waals surface area contributed by atoms with Gasteiger partial charge in [-0.25, -0.2) is 0 Å². The highest BCUT2D eigenvalue weighted by molar-refractivity contribution is 6.31. The molecule has 1 aromatic carbocycles. The van der Waals surface area contributed by atoms with E-state index in [-0.39, 0.29) is 36.6 Å². The average Bonchev–Trinajstić information content (AvgIpc) is 3.36. The third-order valence-electron chi connectivity index (χ3n) is 6.40. The molecule has 3 fully saturated rings. The number of imide groups is 1. The van der Waals surface area contributed by atoms with Crippen LogP contribution in [0.15, 0.2) is 18.2 Å². The van der Waals surface area contributed by atoms with E-state index in [0.29, 0.717) is 22.5 Å². The Morgan fingerprint density at radius 1 is 1.17 bits per heavy atom. The number of aryl methyl sites for hydroxylation is 1. The van der Waals surface area contributed by atoms with E-state index in [1.807, 2.05) is 6.92 Å². The summed E-state index contributed by atoms with van der Waals surface area (Å²) < 4.78 is 4.99. The molecule has 1 saturated heterocycles. The second kappa shape index (κ2) is 7.78. The van der Waals surface area contributed by atoms with Gasteiger partial charge in [0.05, 0.1) is 18.3 Å². The van der Waals surface area contributed by atoms with Gasteiger partial charge in [0.25, 0.3) is 5.91 Å². The Hall–Kier alpha value is -2.41. The fourth-order valence-electron chi connectivity index (χ4n) is 5.03. The summed E-state index contributed by atoms with van der Waals surface area (Å²) in [5.74, 6) is -1.14. The first-order chi connectivity index (χ1) is 13.8. The molecule has 2 saturated carbocycles. The third kappa shape index (κ3) is 3.75. The Morgan fingerprint density at radius 3 is 2.48 bits per heavy atom. The van der Waals surface area contributed by atoms with Gasteiger partial charge in [-0.05, 0) is 55.7 Å². The van der Waals surface area contributed by atoms with Crippen molar-refractivity contribution in [3.63, 3.8) is 0 Å². The SMILES string of the molecule is Cc1ccc(Cl)cc1NC(=O)COC(=O)CCN1C(=O)[C@@H]2[C@H]3CC[C@@H](C3)[C@@H]2C1=O. The summed E-state index contributed by atoms with van der Waals surface area (Å²) in [5.41, 5.74) is 1.38. The van der Waals surface area contributed by atoms with Gasteiger partial charge in [-0.1, -0.05) is 17.7 Å². The molecule has 1 aromatic rings. The lowest BCUT2D eigenvalue weighted by Crippen LogP contribution is -2.35. The van der Waals surface area contributed by atoms with E-state index in [0.717, 1.165) is 24.8 Å². The molecule has 3 aliphatic rings. The highest BCUT2D eigenvalue weighted by atomic mass is 35.5. The minimum absolute atomic E-state index is 0.0119. The molecular weight excluding hydrogens is 396 g/mol. The van der Waals surface area contributed by atoms with Gasteiger partial charge in [0.15, 0.2) is 6.61 Å². The summed E-state index contributed by atoms with van der Waals surface area (Å²) in [5, 5.41) is 3.13. The highest BCUT2D eigenvalue weighted by Gasteiger charge is 2.60. The lowest BCUT2D eigenvalue weighted by atomic mass is 9.81. The second-order valence-electron chi connectivity index (χ2n) is 8.13. The summed E-state index contributed by atoms with van der Waals surface area (Å²) in [6.07, 6.45) is 2.89. The normalized spacial score (nSPS) is 27.3. The van der Waals surface area contributed by atoms with E-state index in [9.17, 15) is 19.2 Å². The second-order valence-corrected chi connectivity index (χ2v) is 8.57. The van der Waals surface area contributed by atoms with E-state index < -0.39 is 18.5 Å². The van der Waals surface area contributed by atoms with Gasteiger partial charge in [0.2, 0.25) is 11.8 Å². The van der Waals surface area contributed by atoms with Crippen molar-refractivity contribution in [2.75, 3.05) is 18.5 Å². The number of hydrogen-bond acceptors (Lipinski definition) is 5. The Kier molecular flexibility index (Phi) is 5.34. The van der Waals surface area contributed by atoms with Gasteiger partial charge < -0.3 is 10.1 Å². The number of carbonyl (C=O) groups is 4. The fourth-order valence-corrected chi connectivity index (χ4v) is 5.20. The first kappa shape index (κ1) is 19.9. The van der Waals surface area contributed by atoms with Gasteiger partial charge in [0.1, 0.15) is 0 Å². The zero-order valence-electron chi connectivity index (χ0n) is 16.2. The van der Waals surface area contributed by atoms with E-state index in [1.165, 1.54) is 4.90 Å². The standard InChI is InChI=1S/C21H23ClN2O5/c1-11-2-5-14(22)9-15(11)23-16(25)10-29-17(26)6-7-24-20(27)18-12-3-4-13(8-12)19(18)21(24)28/h2,5,9,12-13,18-19H,3-4,6-8,10H2,1H3,(H,23,25)/t12-,13-,18-,19+/m0/s1. The number of halogens is 1. The lowest BCUT2D eigenvalue weighted by molar-refractivity contribution is -0.149. The molecule has 2 bridgehead atoms. The van der Waals surface area contributed by atoms with Crippen LogP contribution in [0.1, 0.15) is 31.2 Å². The van der Waals surface area contributed by atoms with Crippen molar-refractivity contribution in [1.82, 2.24) is 4.90 Å². The smallest absolute Gasteiger partial charge is 0.308 e. The van der Waals surface area contributed by atoms with Gasteiger partial charge in [-0.2, -0.15) is 0 Å². The number of ether oxygens (including phenoxy) is 1. The largest absolute Gasteiger partial charge is 0.456 e. The highest BCUT2D eigenvalue weighted by Crippen LogP contribution is 2.56. The summed E-state index contributed by atoms with van der Waals surface area (Å²) in [4.78, 5) is 50.4. The molecular formula is C21H23ClN2O5. The number of rotatable bonds is 6. The molecule has 3 amide bonds.